The SMILES string of the molecule is CCCCCCCc1cc(Cc2ccc(N)cc2)ccc1Cc1ccc(C)cc1. The lowest BCUT2D eigenvalue weighted by Crippen LogP contribution is -1.99. The molecule has 0 unspecified atom stereocenters. The van der Waals surface area contributed by atoms with Crippen molar-refractivity contribution < 1.29 is 0 Å². The van der Waals surface area contributed by atoms with Crippen molar-refractivity contribution in [2.75, 3.05) is 5.73 Å². The van der Waals surface area contributed by atoms with Gasteiger partial charge in [0.05, 0.1) is 0 Å². The lowest BCUT2D eigenvalue weighted by Gasteiger charge is -2.13. The van der Waals surface area contributed by atoms with Crippen molar-refractivity contribution in [2.45, 2.75) is 65.2 Å². The van der Waals surface area contributed by atoms with Crippen molar-refractivity contribution >= 4 is 5.69 Å². The minimum absolute atomic E-state index is 0.829. The summed E-state index contributed by atoms with van der Waals surface area (Å²) in [5.41, 5.74) is 15.1. The zero-order valence-corrected chi connectivity index (χ0v) is 18.1. The second-order valence-corrected chi connectivity index (χ2v) is 8.35. The first-order valence-corrected chi connectivity index (χ1v) is 11.1. The Morgan fingerprint density at radius 2 is 1.24 bits per heavy atom. The second kappa shape index (κ2) is 10.9. The fraction of sp³-hybridized carbons (Fsp3) is 0.357. The molecule has 0 heterocycles. The van der Waals surface area contributed by atoms with E-state index in [0.29, 0.717) is 0 Å². The zero-order chi connectivity index (χ0) is 20.5. The number of benzene rings is 3. The fourth-order valence-electron chi connectivity index (χ4n) is 3.91. The van der Waals surface area contributed by atoms with Gasteiger partial charge in [-0.2, -0.15) is 0 Å². The molecule has 3 aromatic carbocycles. The minimum Gasteiger partial charge on any atom is -0.399 e. The van der Waals surface area contributed by atoms with Crippen LogP contribution in [0.25, 0.3) is 0 Å². The zero-order valence-electron chi connectivity index (χ0n) is 18.1. The summed E-state index contributed by atoms with van der Waals surface area (Å²) < 4.78 is 0. The normalized spacial score (nSPS) is 11.0. The average molecular weight is 386 g/mol. The Morgan fingerprint density at radius 1 is 0.621 bits per heavy atom. The standard InChI is InChI=1S/C28H35N/c1-3-4-5-6-7-8-26-21-25(19-23-14-17-28(29)18-15-23)13-16-27(26)20-24-11-9-22(2)10-12-24/h9-18,21H,3-8,19-20,29H2,1-2H3. The number of anilines is 1. The molecular weight excluding hydrogens is 350 g/mol. The molecule has 0 bridgehead atoms. The lowest BCUT2D eigenvalue weighted by atomic mass is 9.92. The van der Waals surface area contributed by atoms with E-state index in [1.807, 2.05) is 12.1 Å². The van der Waals surface area contributed by atoms with E-state index in [-0.39, 0.29) is 0 Å². The summed E-state index contributed by atoms with van der Waals surface area (Å²) in [6.45, 7) is 4.43. The lowest BCUT2D eigenvalue weighted by molar-refractivity contribution is 0.631. The van der Waals surface area contributed by atoms with Crippen molar-refractivity contribution in [3.63, 3.8) is 0 Å². The molecule has 1 heteroatoms. The summed E-state index contributed by atoms with van der Waals surface area (Å²) in [4.78, 5) is 0. The van der Waals surface area contributed by atoms with E-state index < -0.39 is 0 Å². The van der Waals surface area contributed by atoms with Crippen LogP contribution >= 0.6 is 0 Å². The molecule has 152 valence electrons. The summed E-state index contributed by atoms with van der Waals surface area (Å²) >= 11 is 0. The van der Waals surface area contributed by atoms with Gasteiger partial charge in [-0.05, 0) is 72.6 Å². The van der Waals surface area contributed by atoms with Crippen LogP contribution in [0.15, 0.2) is 66.7 Å². The van der Waals surface area contributed by atoms with Crippen LogP contribution in [0.5, 0.6) is 0 Å². The predicted octanol–water partition coefficient (Wildman–Crippen LogP) is 7.27. The van der Waals surface area contributed by atoms with Gasteiger partial charge in [0.2, 0.25) is 0 Å². The second-order valence-electron chi connectivity index (χ2n) is 8.35. The van der Waals surface area contributed by atoms with Crippen LogP contribution in [0.4, 0.5) is 5.69 Å². The summed E-state index contributed by atoms with van der Waals surface area (Å²) in [5, 5.41) is 0. The van der Waals surface area contributed by atoms with Crippen LogP contribution in [0.1, 0.15) is 72.4 Å². The molecule has 0 saturated heterocycles. The van der Waals surface area contributed by atoms with Crippen LogP contribution < -0.4 is 5.73 Å². The van der Waals surface area contributed by atoms with E-state index in [1.165, 1.54) is 71.9 Å². The number of rotatable bonds is 10. The van der Waals surface area contributed by atoms with E-state index in [0.717, 1.165) is 18.5 Å². The van der Waals surface area contributed by atoms with Gasteiger partial charge in [0, 0.05) is 5.69 Å². The van der Waals surface area contributed by atoms with Crippen LogP contribution in [-0.2, 0) is 19.3 Å². The van der Waals surface area contributed by atoms with E-state index in [4.69, 9.17) is 5.73 Å². The predicted molar refractivity (Wildman–Crippen MR) is 127 cm³/mol. The van der Waals surface area contributed by atoms with E-state index >= 15 is 0 Å². The third-order valence-corrected chi connectivity index (χ3v) is 5.72. The summed E-state index contributed by atoms with van der Waals surface area (Å²) in [7, 11) is 0. The third-order valence-electron chi connectivity index (χ3n) is 5.72. The van der Waals surface area contributed by atoms with Gasteiger partial charge in [0.25, 0.3) is 0 Å². The molecule has 0 atom stereocenters. The number of aryl methyl sites for hydroxylation is 2. The Hall–Kier alpha value is -2.54. The highest BCUT2D eigenvalue weighted by molar-refractivity contribution is 5.42. The van der Waals surface area contributed by atoms with Gasteiger partial charge in [0.1, 0.15) is 0 Å². The average Bonchev–Trinajstić information content (AvgIpc) is 2.73. The van der Waals surface area contributed by atoms with Gasteiger partial charge in [-0.1, -0.05) is 92.8 Å². The molecule has 0 radical (unpaired) electrons. The van der Waals surface area contributed by atoms with E-state index in [2.05, 4.69) is 68.4 Å². The van der Waals surface area contributed by atoms with Crippen LogP contribution in [0, 0.1) is 6.92 Å². The highest BCUT2D eigenvalue weighted by atomic mass is 14.5. The molecule has 0 fully saturated rings. The first-order valence-electron chi connectivity index (χ1n) is 11.1. The molecule has 0 aliphatic heterocycles. The van der Waals surface area contributed by atoms with Crippen LogP contribution in [0.2, 0.25) is 0 Å². The number of unbranched alkanes of at least 4 members (excludes halogenated alkanes) is 4. The summed E-state index contributed by atoms with van der Waals surface area (Å²) in [6, 6.07) is 24.3. The topological polar surface area (TPSA) is 26.0 Å². The maximum absolute atomic E-state index is 5.84. The van der Waals surface area contributed by atoms with Crippen molar-refractivity contribution in [1.29, 1.82) is 0 Å². The van der Waals surface area contributed by atoms with E-state index in [9.17, 15) is 0 Å². The van der Waals surface area contributed by atoms with Crippen molar-refractivity contribution in [2.24, 2.45) is 0 Å². The Morgan fingerprint density at radius 3 is 1.97 bits per heavy atom. The quantitative estimate of drug-likeness (QED) is 0.288. The van der Waals surface area contributed by atoms with Crippen molar-refractivity contribution in [3.05, 3.63) is 100 Å². The first-order chi connectivity index (χ1) is 14.1. The van der Waals surface area contributed by atoms with Crippen LogP contribution in [0.3, 0.4) is 0 Å². The Kier molecular flexibility index (Phi) is 7.93. The molecule has 0 saturated carbocycles. The molecule has 2 N–H and O–H groups in total. The molecule has 29 heavy (non-hydrogen) atoms. The maximum atomic E-state index is 5.84. The molecule has 0 aliphatic rings. The van der Waals surface area contributed by atoms with Crippen LogP contribution in [-0.4, -0.2) is 0 Å². The maximum Gasteiger partial charge on any atom is 0.0314 e. The summed E-state index contributed by atoms with van der Waals surface area (Å²) in [6.07, 6.45) is 9.80. The smallest absolute Gasteiger partial charge is 0.0314 e. The molecule has 0 spiro atoms. The van der Waals surface area contributed by atoms with Crippen molar-refractivity contribution in [3.8, 4) is 0 Å². The Balaban J connectivity index is 1.75. The molecular formula is C28H35N. The van der Waals surface area contributed by atoms with E-state index in [1.54, 1.807) is 0 Å². The van der Waals surface area contributed by atoms with Crippen molar-refractivity contribution in [1.82, 2.24) is 0 Å². The highest BCUT2D eigenvalue weighted by Gasteiger charge is 2.07. The Labute approximate surface area is 177 Å². The largest absolute Gasteiger partial charge is 0.399 e. The number of hydrogen-bond acceptors (Lipinski definition) is 1. The molecule has 0 amide bonds. The van der Waals surface area contributed by atoms with Gasteiger partial charge in [-0.15, -0.1) is 0 Å². The highest BCUT2D eigenvalue weighted by Crippen LogP contribution is 2.22. The monoisotopic (exact) mass is 385 g/mol. The first kappa shape index (κ1) is 21.2. The minimum atomic E-state index is 0.829. The molecule has 3 aromatic rings. The molecule has 3 rings (SSSR count). The number of nitrogen functional groups attached to an aromatic ring is 1. The summed E-state index contributed by atoms with van der Waals surface area (Å²) in [5.74, 6) is 0. The molecule has 1 nitrogen and oxygen atoms in total. The molecule has 0 aliphatic carbocycles. The fourth-order valence-corrected chi connectivity index (χ4v) is 3.91. The molecule has 0 aromatic heterocycles. The number of hydrogen-bond donors (Lipinski definition) is 1. The Bertz CT molecular complexity index is 875. The van der Waals surface area contributed by atoms with Gasteiger partial charge >= 0.3 is 0 Å². The van der Waals surface area contributed by atoms with Gasteiger partial charge < -0.3 is 5.73 Å². The third kappa shape index (κ3) is 6.78. The number of nitrogens with two attached hydrogens (primary N) is 1. The van der Waals surface area contributed by atoms with Gasteiger partial charge in [-0.25, -0.2) is 0 Å². The van der Waals surface area contributed by atoms with Gasteiger partial charge in [0.15, 0.2) is 0 Å². The van der Waals surface area contributed by atoms with Gasteiger partial charge in [-0.3, -0.25) is 0 Å².